The molecule has 0 radical (unpaired) electrons. The topological polar surface area (TPSA) is 74.6 Å². The van der Waals surface area contributed by atoms with Gasteiger partial charge in [0.1, 0.15) is 0 Å². The SMILES string of the molecule is CC.O=C(O)c1cccc(Sc2ccccc2C(=O)O)c1. The fourth-order valence-electron chi connectivity index (χ4n) is 1.55. The average Bonchev–Trinajstić information content (AvgIpc) is 2.50. The van der Waals surface area contributed by atoms with Crippen molar-refractivity contribution in [2.75, 3.05) is 0 Å². The molecule has 4 nitrogen and oxygen atoms in total. The first-order valence-electron chi connectivity index (χ1n) is 6.41. The average molecular weight is 304 g/mol. The monoisotopic (exact) mass is 304 g/mol. The molecule has 0 amide bonds. The van der Waals surface area contributed by atoms with Crippen LogP contribution in [0.5, 0.6) is 0 Å². The Morgan fingerprint density at radius 3 is 2.19 bits per heavy atom. The van der Waals surface area contributed by atoms with Gasteiger partial charge >= 0.3 is 11.9 Å². The Morgan fingerprint density at radius 1 is 0.905 bits per heavy atom. The zero-order chi connectivity index (χ0) is 15.8. The van der Waals surface area contributed by atoms with Crippen molar-refractivity contribution in [2.45, 2.75) is 23.6 Å². The molecule has 0 bridgehead atoms. The van der Waals surface area contributed by atoms with Gasteiger partial charge in [0, 0.05) is 9.79 Å². The standard InChI is InChI=1S/C14H10O4S.C2H6/c15-13(16)9-4-3-5-10(8-9)19-12-7-2-1-6-11(12)14(17)18;1-2/h1-8H,(H,15,16)(H,17,18);1-2H3. The summed E-state index contributed by atoms with van der Waals surface area (Å²) in [5.41, 5.74) is 0.381. The van der Waals surface area contributed by atoms with Crippen molar-refractivity contribution in [3.63, 3.8) is 0 Å². The second-order valence-electron chi connectivity index (χ2n) is 3.74. The van der Waals surface area contributed by atoms with Gasteiger partial charge < -0.3 is 10.2 Å². The molecule has 0 saturated carbocycles. The highest BCUT2D eigenvalue weighted by atomic mass is 32.2. The summed E-state index contributed by atoms with van der Waals surface area (Å²) in [5.74, 6) is -2.01. The molecule has 110 valence electrons. The number of carboxylic acids is 2. The van der Waals surface area contributed by atoms with E-state index in [4.69, 9.17) is 10.2 Å². The predicted molar refractivity (Wildman–Crippen MR) is 82.3 cm³/mol. The van der Waals surface area contributed by atoms with Crippen LogP contribution in [0.15, 0.2) is 58.3 Å². The van der Waals surface area contributed by atoms with Crippen molar-refractivity contribution in [1.29, 1.82) is 0 Å². The first-order valence-corrected chi connectivity index (χ1v) is 7.23. The summed E-state index contributed by atoms with van der Waals surface area (Å²) in [5, 5.41) is 18.0. The van der Waals surface area contributed by atoms with E-state index < -0.39 is 11.9 Å². The van der Waals surface area contributed by atoms with Gasteiger partial charge in [0.05, 0.1) is 11.1 Å². The summed E-state index contributed by atoms with van der Waals surface area (Å²) in [4.78, 5) is 23.2. The molecule has 21 heavy (non-hydrogen) atoms. The van der Waals surface area contributed by atoms with Crippen LogP contribution in [0.3, 0.4) is 0 Å². The number of carbonyl (C=O) groups is 2. The minimum Gasteiger partial charge on any atom is -0.478 e. The maximum Gasteiger partial charge on any atom is 0.336 e. The van der Waals surface area contributed by atoms with Crippen LogP contribution in [0, 0.1) is 0 Å². The maximum atomic E-state index is 11.1. The molecule has 2 aromatic rings. The van der Waals surface area contributed by atoms with Crippen LogP contribution in [0.2, 0.25) is 0 Å². The van der Waals surface area contributed by atoms with Crippen LogP contribution in [-0.2, 0) is 0 Å². The van der Waals surface area contributed by atoms with Crippen molar-refractivity contribution in [2.24, 2.45) is 0 Å². The van der Waals surface area contributed by atoms with E-state index in [0.29, 0.717) is 9.79 Å². The molecule has 0 aliphatic rings. The van der Waals surface area contributed by atoms with Gasteiger partial charge in [0.2, 0.25) is 0 Å². The second-order valence-corrected chi connectivity index (χ2v) is 4.85. The van der Waals surface area contributed by atoms with E-state index in [1.165, 1.54) is 30.0 Å². The van der Waals surface area contributed by atoms with Crippen LogP contribution in [-0.4, -0.2) is 22.2 Å². The van der Waals surface area contributed by atoms with Gasteiger partial charge in [-0.05, 0) is 30.3 Å². The Bertz CT molecular complexity index is 638. The smallest absolute Gasteiger partial charge is 0.336 e. The van der Waals surface area contributed by atoms with Gasteiger partial charge in [-0.3, -0.25) is 0 Å². The Kier molecular flexibility index (Phi) is 6.49. The molecule has 0 heterocycles. The highest BCUT2D eigenvalue weighted by Crippen LogP contribution is 2.30. The highest BCUT2D eigenvalue weighted by molar-refractivity contribution is 7.99. The third-order valence-electron chi connectivity index (χ3n) is 2.43. The first kappa shape index (κ1) is 16.8. The lowest BCUT2D eigenvalue weighted by Gasteiger charge is -2.06. The normalized spacial score (nSPS) is 9.43. The highest BCUT2D eigenvalue weighted by Gasteiger charge is 2.11. The minimum absolute atomic E-state index is 0.179. The van der Waals surface area contributed by atoms with E-state index >= 15 is 0 Å². The van der Waals surface area contributed by atoms with Crippen molar-refractivity contribution in [1.82, 2.24) is 0 Å². The largest absolute Gasteiger partial charge is 0.478 e. The molecule has 2 aromatic carbocycles. The number of carboxylic acid groups (broad SMARTS) is 2. The van der Waals surface area contributed by atoms with Crippen LogP contribution in [0.4, 0.5) is 0 Å². The molecule has 0 aromatic heterocycles. The summed E-state index contributed by atoms with van der Waals surface area (Å²) in [7, 11) is 0. The number of rotatable bonds is 4. The van der Waals surface area contributed by atoms with Crippen LogP contribution < -0.4 is 0 Å². The molecule has 0 aliphatic heterocycles. The van der Waals surface area contributed by atoms with Gasteiger partial charge in [-0.1, -0.05) is 43.8 Å². The lowest BCUT2D eigenvalue weighted by molar-refractivity contribution is 0.0683. The third kappa shape index (κ3) is 4.65. The number of benzene rings is 2. The van der Waals surface area contributed by atoms with Crippen molar-refractivity contribution >= 4 is 23.7 Å². The minimum atomic E-state index is -1.01. The summed E-state index contributed by atoms with van der Waals surface area (Å²) in [6.07, 6.45) is 0. The van der Waals surface area contributed by atoms with Gasteiger partial charge in [0.15, 0.2) is 0 Å². The molecular weight excluding hydrogens is 288 g/mol. The molecule has 0 fully saturated rings. The summed E-state index contributed by atoms with van der Waals surface area (Å²) in [6.45, 7) is 4.00. The number of hydrogen-bond donors (Lipinski definition) is 2. The molecule has 0 spiro atoms. The third-order valence-corrected chi connectivity index (χ3v) is 3.49. The molecule has 0 saturated heterocycles. The quantitative estimate of drug-likeness (QED) is 0.882. The number of hydrogen-bond acceptors (Lipinski definition) is 3. The molecule has 0 atom stereocenters. The van der Waals surface area contributed by atoms with Crippen molar-refractivity contribution in [3.05, 3.63) is 59.7 Å². The van der Waals surface area contributed by atoms with Crippen molar-refractivity contribution in [3.8, 4) is 0 Å². The Balaban J connectivity index is 0.00000106. The molecular formula is C16H16O4S. The van der Waals surface area contributed by atoms with E-state index in [0.717, 1.165) is 0 Å². The molecule has 2 N–H and O–H groups in total. The predicted octanol–water partition coefficient (Wildman–Crippen LogP) is 4.26. The second kappa shape index (κ2) is 8.11. The molecule has 0 unspecified atom stereocenters. The zero-order valence-corrected chi connectivity index (χ0v) is 12.6. The summed E-state index contributed by atoms with van der Waals surface area (Å²) < 4.78 is 0. The van der Waals surface area contributed by atoms with Gasteiger partial charge in [0.25, 0.3) is 0 Å². The van der Waals surface area contributed by atoms with E-state index in [9.17, 15) is 9.59 Å². The Morgan fingerprint density at radius 2 is 1.57 bits per heavy atom. The fraction of sp³-hybridized carbons (Fsp3) is 0.125. The van der Waals surface area contributed by atoms with Gasteiger partial charge in [-0.2, -0.15) is 0 Å². The van der Waals surface area contributed by atoms with Crippen LogP contribution in [0.1, 0.15) is 34.6 Å². The zero-order valence-electron chi connectivity index (χ0n) is 11.7. The fourth-order valence-corrected chi connectivity index (χ4v) is 2.55. The summed E-state index contributed by atoms with van der Waals surface area (Å²) >= 11 is 1.23. The Labute approximate surface area is 127 Å². The lowest BCUT2D eigenvalue weighted by atomic mass is 10.2. The van der Waals surface area contributed by atoms with Crippen LogP contribution >= 0.6 is 11.8 Å². The van der Waals surface area contributed by atoms with Crippen LogP contribution in [0.25, 0.3) is 0 Å². The molecule has 2 rings (SSSR count). The Hall–Kier alpha value is -2.27. The van der Waals surface area contributed by atoms with E-state index in [1.807, 2.05) is 13.8 Å². The summed E-state index contributed by atoms with van der Waals surface area (Å²) in [6, 6.07) is 13.0. The van der Waals surface area contributed by atoms with Crippen molar-refractivity contribution < 1.29 is 19.8 Å². The van der Waals surface area contributed by atoms with Gasteiger partial charge in [-0.25, -0.2) is 9.59 Å². The van der Waals surface area contributed by atoms with E-state index in [-0.39, 0.29) is 11.1 Å². The first-order chi connectivity index (χ1) is 10.1. The molecule has 0 aliphatic carbocycles. The van der Waals surface area contributed by atoms with E-state index in [2.05, 4.69) is 0 Å². The van der Waals surface area contributed by atoms with E-state index in [1.54, 1.807) is 30.3 Å². The molecule has 5 heteroatoms. The maximum absolute atomic E-state index is 11.1. The van der Waals surface area contributed by atoms with Gasteiger partial charge in [-0.15, -0.1) is 0 Å². The number of aromatic carboxylic acids is 2. The lowest BCUT2D eigenvalue weighted by Crippen LogP contribution is -1.98.